The van der Waals surface area contributed by atoms with E-state index in [2.05, 4.69) is 4.79 Å². The van der Waals surface area contributed by atoms with Crippen molar-refractivity contribution in [2.24, 2.45) is 0 Å². The van der Waals surface area contributed by atoms with Crippen LogP contribution in [0, 0.1) is 0 Å². The zero-order valence-corrected chi connectivity index (χ0v) is 14.2. The Balaban J connectivity index is 3.35. The summed E-state index contributed by atoms with van der Waals surface area (Å²) in [7, 11) is -9.38. The molecule has 11 heteroatoms. The van der Waals surface area contributed by atoms with Gasteiger partial charge in [0.25, 0.3) is 19.7 Å². The summed E-state index contributed by atoms with van der Waals surface area (Å²) in [6, 6.07) is 2.57. The summed E-state index contributed by atoms with van der Waals surface area (Å²) >= 11 is 0. The molecule has 0 atom stereocenters. The van der Waals surface area contributed by atoms with Crippen molar-refractivity contribution in [2.45, 2.75) is 37.3 Å². The second kappa shape index (κ2) is 7.45. The third-order valence-corrected chi connectivity index (χ3v) is 7.34. The van der Waals surface area contributed by atoms with E-state index in [-0.39, 0.29) is 6.42 Å². The van der Waals surface area contributed by atoms with Gasteiger partial charge < -0.3 is 5.53 Å². The van der Waals surface area contributed by atoms with Crippen molar-refractivity contribution in [3.05, 3.63) is 35.4 Å². The number of nitrogens with zero attached hydrogens (tertiary/aromatic N) is 2. The van der Waals surface area contributed by atoms with Crippen molar-refractivity contribution in [1.29, 1.82) is 0 Å². The first-order valence-electron chi connectivity index (χ1n) is 6.84. The molecule has 0 amide bonds. The van der Waals surface area contributed by atoms with Crippen LogP contribution in [0.3, 0.4) is 0 Å². The molecule has 6 nitrogen and oxygen atoms in total. The van der Waals surface area contributed by atoms with E-state index in [4.69, 9.17) is 5.53 Å². The summed E-state index contributed by atoms with van der Waals surface area (Å²) in [6.07, 6.45) is -3.50. The Hall–Kier alpha value is -1.71. The maximum atomic E-state index is 12.7. The molecule has 0 aliphatic carbocycles. The van der Waals surface area contributed by atoms with E-state index in [1.54, 1.807) is 6.92 Å². The highest BCUT2D eigenvalue weighted by Crippen LogP contribution is 2.31. The molecule has 134 valence electrons. The summed E-state index contributed by atoms with van der Waals surface area (Å²) in [5.74, 6) is -0.585. The Morgan fingerprint density at radius 2 is 1.79 bits per heavy atom. The lowest BCUT2D eigenvalue weighted by Crippen LogP contribution is -2.28. The summed E-state index contributed by atoms with van der Waals surface area (Å²) in [6.45, 7) is 1.80. The Kier molecular flexibility index (Phi) is 6.32. The van der Waals surface area contributed by atoms with Gasteiger partial charge in [0.05, 0.1) is 16.2 Å². The first kappa shape index (κ1) is 20.3. The van der Waals surface area contributed by atoms with Crippen molar-refractivity contribution in [1.82, 2.24) is 0 Å². The highest BCUT2D eigenvalue weighted by Gasteiger charge is 2.43. The second-order valence-electron chi connectivity index (χ2n) is 4.92. The molecule has 0 aliphatic heterocycles. The van der Waals surface area contributed by atoms with E-state index in [0.717, 1.165) is 12.1 Å². The van der Waals surface area contributed by atoms with E-state index in [1.807, 2.05) is 0 Å². The van der Waals surface area contributed by atoms with E-state index >= 15 is 0 Å². The molecule has 1 aromatic carbocycles. The molecule has 0 aliphatic rings. The van der Waals surface area contributed by atoms with E-state index in [9.17, 15) is 30.0 Å². The van der Waals surface area contributed by atoms with Crippen molar-refractivity contribution in [3.63, 3.8) is 0 Å². The van der Waals surface area contributed by atoms with Gasteiger partial charge in [0.1, 0.15) is 0 Å². The maximum absolute atomic E-state index is 12.7. The van der Waals surface area contributed by atoms with Crippen molar-refractivity contribution in [3.8, 4) is 0 Å². The van der Waals surface area contributed by atoms with Crippen LogP contribution < -0.4 is 0 Å². The van der Waals surface area contributed by atoms with Crippen LogP contribution in [0.1, 0.15) is 31.7 Å². The minimum Gasteiger partial charge on any atom is -0.359 e. The van der Waals surface area contributed by atoms with Crippen LogP contribution in [0.4, 0.5) is 13.2 Å². The molecule has 1 aromatic rings. The number of benzene rings is 1. The fourth-order valence-corrected chi connectivity index (χ4v) is 5.46. The summed E-state index contributed by atoms with van der Waals surface area (Å²) in [5.41, 5.74) is 7.59. The van der Waals surface area contributed by atoms with Crippen molar-refractivity contribution < 1.29 is 34.8 Å². The predicted molar refractivity (Wildman–Crippen MR) is 80.6 cm³/mol. The molecule has 0 bridgehead atoms. The van der Waals surface area contributed by atoms with Crippen LogP contribution in [0.5, 0.6) is 0 Å². The molecule has 0 unspecified atom stereocenters. The molecular formula is C13H15F3N2O4S2. The van der Waals surface area contributed by atoms with Crippen molar-refractivity contribution >= 4 is 24.1 Å². The number of rotatable bonds is 5. The molecule has 0 N–H and O–H groups in total. The van der Waals surface area contributed by atoms with Crippen molar-refractivity contribution in [2.75, 3.05) is 5.75 Å². The molecule has 0 saturated heterocycles. The monoisotopic (exact) mass is 384 g/mol. The van der Waals surface area contributed by atoms with Gasteiger partial charge in [-0.25, -0.2) is 16.8 Å². The van der Waals surface area contributed by atoms with Crippen LogP contribution in [-0.4, -0.2) is 31.8 Å². The smallest absolute Gasteiger partial charge is 0.359 e. The lowest BCUT2D eigenvalue weighted by molar-refractivity contribution is -0.137. The van der Waals surface area contributed by atoms with E-state index in [1.165, 1.54) is 0 Å². The zero-order valence-electron chi connectivity index (χ0n) is 12.6. The molecule has 0 saturated carbocycles. The van der Waals surface area contributed by atoms with E-state index in [0.29, 0.717) is 25.0 Å². The molecular weight excluding hydrogens is 369 g/mol. The summed E-state index contributed by atoms with van der Waals surface area (Å²) in [5, 5.41) is 0. The molecule has 0 aromatic heterocycles. The second-order valence-corrected chi connectivity index (χ2v) is 9.07. The highest BCUT2D eigenvalue weighted by atomic mass is 32.3. The summed E-state index contributed by atoms with van der Waals surface area (Å²) in [4.78, 5) is 1.43. The number of sulfone groups is 2. The first-order valence-corrected chi connectivity index (χ1v) is 9.97. The number of hydrogen-bond acceptors (Lipinski definition) is 4. The Labute approximate surface area is 137 Å². The maximum Gasteiger partial charge on any atom is 0.499 e. The molecule has 0 radical (unpaired) electrons. The largest absolute Gasteiger partial charge is 0.499 e. The molecule has 0 heterocycles. The fraction of sp³-hybridized carbons (Fsp3) is 0.462. The van der Waals surface area contributed by atoms with Crippen LogP contribution in [0.2, 0.25) is 0 Å². The van der Waals surface area contributed by atoms with Gasteiger partial charge in [0, 0.05) is 0 Å². The van der Waals surface area contributed by atoms with Gasteiger partial charge >= 0.3 is 10.6 Å². The molecule has 0 spiro atoms. The van der Waals surface area contributed by atoms with Gasteiger partial charge in [-0.05, 0) is 24.6 Å². The Bertz CT molecular complexity index is 855. The number of unbranched alkanes of at least 4 members (excludes halogenated alkanes) is 2. The SMILES string of the molecule is CCCCCS(=O)(=O)C(=[N+]=[N-])S(=O)(=O)c1cccc(C(F)(F)F)c1. The van der Waals surface area contributed by atoms with Crippen LogP contribution in [-0.2, 0) is 25.9 Å². The molecule has 24 heavy (non-hydrogen) atoms. The predicted octanol–water partition coefficient (Wildman–Crippen LogP) is 2.67. The van der Waals surface area contributed by atoms with Gasteiger partial charge in [-0.15, -0.1) is 4.79 Å². The minimum absolute atomic E-state index is 0.135. The molecule has 1 rings (SSSR count). The lowest BCUT2D eigenvalue weighted by atomic mass is 10.2. The number of halogens is 3. The third-order valence-electron chi connectivity index (χ3n) is 3.07. The quantitative estimate of drug-likeness (QED) is 0.256. The topological polar surface area (TPSA) is 105 Å². The van der Waals surface area contributed by atoms with E-state index < -0.39 is 46.4 Å². The minimum atomic E-state index is -4.92. The van der Waals surface area contributed by atoms with Gasteiger partial charge in [0.15, 0.2) is 0 Å². The lowest BCUT2D eigenvalue weighted by Gasteiger charge is -2.08. The number of hydrogen-bond donors (Lipinski definition) is 0. The fourth-order valence-electron chi connectivity index (χ4n) is 1.85. The van der Waals surface area contributed by atoms with Gasteiger partial charge in [-0.3, -0.25) is 0 Å². The Morgan fingerprint density at radius 3 is 2.29 bits per heavy atom. The summed E-state index contributed by atoms with van der Waals surface area (Å²) < 4.78 is 85.2. The standard InChI is InChI=1S/C13H15F3N2O4S2/c1-2-3-4-8-23(19,20)12(18-17)24(21,22)11-7-5-6-10(9-11)13(14,15)16/h5-7,9H,2-4,8H2,1H3. The number of alkyl halides is 3. The van der Waals surface area contributed by atoms with Gasteiger partial charge in [-0.1, -0.05) is 25.8 Å². The molecule has 0 fully saturated rings. The van der Waals surface area contributed by atoms with Gasteiger partial charge in [-0.2, -0.15) is 13.2 Å². The van der Waals surface area contributed by atoms with Crippen LogP contribution in [0.25, 0.3) is 5.53 Å². The zero-order chi connectivity index (χ0) is 18.6. The average molecular weight is 384 g/mol. The Morgan fingerprint density at radius 1 is 1.17 bits per heavy atom. The third kappa shape index (κ3) is 4.65. The highest BCUT2D eigenvalue weighted by molar-refractivity contribution is 8.31. The first-order chi connectivity index (χ1) is 11.0. The van der Waals surface area contributed by atoms with Gasteiger partial charge in [0.2, 0.25) is 0 Å². The average Bonchev–Trinajstić information content (AvgIpc) is 2.46. The van der Waals surface area contributed by atoms with Crippen LogP contribution >= 0.6 is 0 Å². The normalized spacial score (nSPS) is 12.7. The van der Waals surface area contributed by atoms with Crippen LogP contribution in [0.15, 0.2) is 29.2 Å².